The summed E-state index contributed by atoms with van der Waals surface area (Å²) >= 11 is 0. The highest BCUT2D eigenvalue weighted by molar-refractivity contribution is 5.76. The van der Waals surface area contributed by atoms with E-state index in [9.17, 15) is 19.8 Å². The summed E-state index contributed by atoms with van der Waals surface area (Å²) in [6.45, 7) is 4.92. The highest BCUT2D eigenvalue weighted by atomic mass is 16.5. The van der Waals surface area contributed by atoms with Crippen LogP contribution in [-0.2, 0) is 14.3 Å². The predicted octanol–water partition coefficient (Wildman–Crippen LogP) is 18.6. The molecular formula is C61H117NO5. The highest BCUT2D eigenvalue weighted by Crippen LogP contribution is 2.18. The minimum Gasteiger partial charge on any atom is -0.466 e. The average Bonchev–Trinajstić information content (AvgIpc) is 3.33. The molecule has 0 saturated carbocycles. The number of hydrogen-bond donors (Lipinski definition) is 3. The number of aliphatic hydroxyl groups is 2. The van der Waals surface area contributed by atoms with Crippen molar-refractivity contribution in [3.63, 3.8) is 0 Å². The lowest BCUT2D eigenvalue weighted by molar-refractivity contribution is -0.143. The number of carbonyl (C=O) groups excluding carboxylic acids is 2. The molecule has 0 rings (SSSR count). The van der Waals surface area contributed by atoms with Gasteiger partial charge >= 0.3 is 5.97 Å². The summed E-state index contributed by atoms with van der Waals surface area (Å²) in [6.07, 6.45) is 68.8. The Morgan fingerprint density at radius 1 is 0.418 bits per heavy atom. The van der Waals surface area contributed by atoms with Crippen LogP contribution in [0.25, 0.3) is 0 Å². The molecule has 0 radical (unpaired) electrons. The van der Waals surface area contributed by atoms with Crippen molar-refractivity contribution < 1.29 is 24.5 Å². The smallest absolute Gasteiger partial charge is 0.305 e. The molecule has 67 heavy (non-hydrogen) atoms. The number of unbranched alkanes of at least 4 members (excludes halogenated alkanes) is 41. The zero-order chi connectivity index (χ0) is 48.6. The van der Waals surface area contributed by atoms with Gasteiger partial charge in [0, 0.05) is 12.8 Å². The van der Waals surface area contributed by atoms with E-state index in [2.05, 4.69) is 43.5 Å². The molecule has 6 heteroatoms. The van der Waals surface area contributed by atoms with Gasteiger partial charge in [-0.15, -0.1) is 0 Å². The summed E-state index contributed by atoms with van der Waals surface area (Å²) in [5.74, 6) is -0.0635. The summed E-state index contributed by atoms with van der Waals surface area (Å²) in [4.78, 5) is 24.6. The van der Waals surface area contributed by atoms with Gasteiger partial charge in [0.15, 0.2) is 0 Å². The molecule has 0 aliphatic carbocycles. The van der Waals surface area contributed by atoms with Crippen LogP contribution in [-0.4, -0.2) is 47.4 Å². The summed E-state index contributed by atoms with van der Waals surface area (Å²) in [7, 11) is 0. The maximum atomic E-state index is 12.5. The minimum absolute atomic E-state index is 0.0180. The number of rotatable bonds is 56. The van der Waals surface area contributed by atoms with Crippen molar-refractivity contribution in [1.82, 2.24) is 5.32 Å². The molecule has 0 bridgehead atoms. The fraction of sp³-hybridized carbons (Fsp3) is 0.902. The second-order valence-corrected chi connectivity index (χ2v) is 20.7. The fourth-order valence-electron chi connectivity index (χ4n) is 9.38. The van der Waals surface area contributed by atoms with E-state index in [1.54, 1.807) is 0 Å². The first-order valence-electron chi connectivity index (χ1n) is 30.1. The zero-order valence-electron chi connectivity index (χ0n) is 45.1. The van der Waals surface area contributed by atoms with Gasteiger partial charge in [-0.2, -0.15) is 0 Å². The SMILES string of the molecule is CCCCCC/C=C\C/C=C\CCCCCCCC(=O)OCCCCCCCCCCCCCCCC(=O)NC(CO)C(O)CCCCCCCCCCCCCCCCCCCCCCC. The largest absolute Gasteiger partial charge is 0.466 e. The van der Waals surface area contributed by atoms with E-state index in [0.717, 1.165) is 57.8 Å². The van der Waals surface area contributed by atoms with Crippen LogP contribution in [0.2, 0.25) is 0 Å². The van der Waals surface area contributed by atoms with Crippen LogP contribution in [0.4, 0.5) is 0 Å². The van der Waals surface area contributed by atoms with Gasteiger partial charge < -0.3 is 20.3 Å². The number of nitrogens with one attached hydrogen (secondary N) is 1. The lowest BCUT2D eigenvalue weighted by Gasteiger charge is -2.22. The number of ether oxygens (including phenoxy) is 1. The molecular weight excluding hydrogens is 827 g/mol. The number of esters is 1. The lowest BCUT2D eigenvalue weighted by atomic mass is 10.0. The van der Waals surface area contributed by atoms with Gasteiger partial charge in [-0.1, -0.05) is 282 Å². The molecule has 1 amide bonds. The molecule has 2 unspecified atom stereocenters. The van der Waals surface area contributed by atoms with Crippen LogP contribution in [0.3, 0.4) is 0 Å². The summed E-state index contributed by atoms with van der Waals surface area (Å²) in [5.41, 5.74) is 0. The molecule has 0 saturated heterocycles. The Labute approximate surface area is 418 Å². The average molecular weight is 945 g/mol. The van der Waals surface area contributed by atoms with Crippen molar-refractivity contribution in [1.29, 1.82) is 0 Å². The Morgan fingerprint density at radius 3 is 1.15 bits per heavy atom. The summed E-state index contributed by atoms with van der Waals surface area (Å²) in [6, 6.07) is -0.553. The van der Waals surface area contributed by atoms with Crippen molar-refractivity contribution in [2.75, 3.05) is 13.2 Å². The van der Waals surface area contributed by atoms with E-state index < -0.39 is 12.1 Å². The van der Waals surface area contributed by atoms with Gasteiger partial charge in [0.25, 0.3) is 0 Å². The van der Waals surface area contributed by atoms with Gasteiger partial charge in [-0.05, 0) is 57.8 Å². The number of hydrogen-bond acceptors (Lipinski definition) is 5. The normalized spacial score (nSPS) is 12.7. The first-order valence-corrected chi connectivity index (χ1v) is 30.1. The van der Waals surface area contributed by atoms with Crippen LogP contribution >= 0.6 is 0 Å². The minimum atomic E-state index is -0.674. The Hall–Kier alpha value is -1.66. The summed E-state index contributed by atoms with van der Waals surface area (Å²) < 4.78 is 5.47. The molecule has 396 valence electrons. The van der Waals surface area contributed by atoms with Crippen molar-refractivity contribution in [2.45, 2.75) is 341 Å². The topological polar surface area (TPSA) is 95.9 Å². The number of aliphatic hydroxyl groups excluding tert-OH is 2. The van der Waals surface area contributed by atoms with Gasteiger partial charge in [0.2, 0.25) is 5.91 Å². The second-order valence-electron chi connectivity index (χ2n) is 20.7. The second kappa shape index (κ2) is 56.9. The van der Waals surface area contributed by atoms with Gasteiger partial charge in [0.1, 0.15) is 0 Å². The predicted molar refractivity (Wildman–Crippen MR) is 292 cm³/mol. The number of allylic oxidation sites excluding steroid dienone is 4. The standard InChI is InChI=1S/C61H117NO5/c1-3-5-7-9-11-13-15-17-19-21-22-23-24-25-26-29-33-37-41-45-49-53-59(64)58(57-63)62-60(65)54-50-46-42-38-34-30-28-32-36-40-44-48-52-56-67-61(66)55-51-47-43-39-35-31-27-20-18-16-14-12-10-8-6-4-2/h14,16,20,27,58-59,63-64H,3-13,15,17-19,21-26,28-57H2,1-2H3,(H,62,65)/b16-14-,27-20-. The molecule has 0 heterocycles. The van der Waals surface area contributed by atoms with E-state index in [0.29, 0.717) is 25.9 Å². The lowest BCUT2D eigenvalue weighted by Crippen LogP contribution is -2.45. The molecule has 0 aliphatic rings. The van der Waals surface area contributed by atoms with Crippen LogP contribution in [0.15, 0.2) is 24.3 Å². The van der Waals surface area contributed by atoms with Crippen molar-refractivity contribution in [3.8, 4) is 0 Å². The molecule has 0 fully saturated rings. The fourth-order valence-corrected chi connectivity index (χ4v) is 9.38. The first kappa shape index (κ1) is 65.3. The molecule has 0 aromatic heterocycles. The molecule has 6 nitrogen and oxygen atoms in total. The Bertz CT molecular complexity index is 1040. The molecule has 3 N–H and O–H groups in total. The molecule has 0 aliphatic heterocycles. The number of amides is 1. The maximum Gasteiger partial charge on any atom is 0.305 e. The first-order chi connectivity index (χ1) is 33.0. The molecule has 2 atom stereocenters. The van der Waals surface area contributed by atoms with Crippen LogP contribution in [0.1, 0.15) is 328 Å². The van der Waals surface area contributed by atoms with E-state index in [1.807, 2.05) is 0 Å². The quantitative estimate of drug-likeness (QED) is 0.0321. The monoisotopic (exact) mass is 944 g/mol. The zero-order valence-corrected chi connectivity index (χ0v) is 45.1. The van der Waals surface area contributed by atoms with E-state index in [1.165, 1.54) is 238 Å². The molecule has 0 spiro atoms. The van der Waals surface area contributed by atoms with E-state index >= 15 is 0 Å². The van der Waals surface area contributed by atoms with Crippen LogP contribution in [0, 0.1) is 0 Å². The third-order valence-electron chi connectivity index (χ3n) is 14.0. The van der Waals surface area contributed by atoms with E-state index in [-0.39, 0.29) is 18.5 Å². The van der Waals surface area contributed by atoms with Crippen molar-refractivity contribution in [2.24, 2.45) is 0 Å². The van der Waals surface area contributed by atoms with Gasteiger partial charge in [-0.25, -0.2) is 0 Å². The number of carbonyl (C=O) groups is 2. The van der Waals surface area contributed by atoms with Crippen LogP contribution in [0.5, 0.6) is 0 Å². The van der Waals surface area contributed by atoms with Crippen LogP contribution < -0.4 is 5.32 Å². The highest BCUT2D eigenvalue weighted by Gasteiger charge is 2.20. The van der Waals surface area contributed by atoms with Crippen molar-refractivity contribution in [3.05, 3.63) is 24.3 Å². The molecule has 0 aromatic rings. The molecule has 0 aromatic carbocycles. The maximum absolute atomic E-state index is 12.5. The Morgan fingerprint density at radius 2 is 0.746 bits per heavy atom. The Kier molecular flexibility index (Phi) is 55.5. The summed E-state index contributed by atoms with van der Waals surface area (Å²) in [5, 5.41) is 23.3. The Balaban J connectivity index is 3.45. The third kappa shape index (κ3) is 53.5. The van der Waals surface area contributed by atoms with E-state index in [4.69, 9.17) is 4.74 Å². The van der Waals surface area contributed by atoms with Crippen molar-refractivity contribution >= 4 is 11.9 Å². The third-order valence-corrected chi connectivity index (χ3v) is 14.0. The van der Waals surface area contributed by atoms with Gasteiger partial charge in [-0.3, -0.25) is 9.59 Å². The van der Waals surface area contributed by atoms with Gasteiger partial charge in [0.05, 0.1) is 25.4 Å².